The fourth-order valence-corrected chi connectivity index (χ4v) is 2.91. The molecule has 1 fully saturated rings. The van der Waals surface area contributed by atoms with Crippen LogP contribution in [0.25, 0.3) is 0 Å². The molecule has 1 N–H and O–H groups in total. The Hall–Kier alpha value is -2.06. The molecule has 0 unspecified atom stereocenters. The minimum Gasteiger partial charge on any atom is -0.486 e. The van der Waals surface area contributed by atoms with Gasteiger partial charge in [-0.15, -0.1) is 12.4 Å². The van der Waals surface area contributed by atoms with Crippen LogP contribution in [0.5, 0.6) is 11.5 Å². The summed E-state index contributed by atoms with van der Waals surface area (Å²) in [6.07, 6.45) is -0.0166. The molecule has 1 aromatic rings. The summed E-state index contributed by atoms with van der Waals surface area (Å²) in [6, 6.07) is 2.97. The molecule has 8 nitrogen and oxygen atoms in total. The second kappa shape index (κ2) is 7.67. The molecule has 132 valence electrons. The number of benzene rings is 1. The molecule has 2 aliphatic heterocycles. The van der Waals surface area contributed by atoms with Crippen molar-refractivity contribution in [1.82, 2.24) is 10.2 Å². The minimum absolute atomic E-state index is 0. The number of halogens is 1. The first kappa shape index (κ1) is 18.3. The van der Waals surface area contributed by atoms with Crippen LogP contribution >= 0.6 is 12.4 Å². The highest BCUT2D eigenvalue weighted by Gasteiger charge is 2.27. The molecule has 0 bridgehead atoms. The van der Waals surface area contributed by atoms with Crippen LogP contribution in [0.2, 0.25) is 0 Å². The first-order valence-corrected chi connectivity index (χ1v) is 7.63. The number of nitro benzene ring substituents is 1. The van der Waals surface area contributed by atoms with Gasteiger partial charge in [-0.05, 0) is 13.0 Å². The standard InChI is InChI=1S/C15H19N3O5.ClH/c1-10-9-16-2-3-17(10)15(19)7-11-6-13-14(23-5-4-22-13)8-12(11)18(20)21;/h6,8,10,16H,2-5,7,9H2,1H3;1H/t10-;/m1./s1. The van der Waals surface area contributed by atoms with Crippen LogP contribution in [0, 0.1) is 10.1 Å². The normalized spacial score (nSPS) is 19.4. The number of nitrogens with one attached hydrogen (secondary N) is 1. The van der Waals surface area contributed by atoms with Gasteiger partial charge in [0, 0.05) is 31.2 Å². The fraction of sp³-hybridized carbons (Fsp3) is 0.533. The predicted molar refractivity (Wildman–Crippen MR) is 89.1 cm³/mol. The van der Waals surface area contributed by atoms with Crippen LogP contribution < -0.4 is 14.8 Å². The number of carbonyl (C=O) groups is 1. The smallest absolute Gasteiger partial charge is 0.277 e. The summed E-state index contributed by atoms with van der Waals surface area (Å²) in [6.45, 7) is 4.79. The Labute approximate surface area is 145 Å². The maximum absolute atomic E-state index is 12.5. The van der Waals surface area contributed by atoms with E-state index in [0.717, 1.165) is 13.1 Å². The van der Waals surface area contributed by atoms with Gasteiger partial charge in [-0.1, -0.05) is 0 Å². The maximum Gasteiger partial charge on any atom is 0.277 e. The topological polar surface area (TPSA) is 93.9 Å². The van der Waals surface area contributed by atoms with Crippen molar-refractivity contribution in [2.75, 3.05) is 32.8 Å². The molecule has 1 saturated heterocycles. The van der Waals surface area contributed by atoms with Gasteiger partial charge < -0.3 is 19.7 Å². The van der Waals surface area contributed by atoms with Crippen molar-refractivity contribution in [2.45, 2.75) is 19.4 Å². The van der Waals surface area contributed by atoms with Gasteiger partial charge in [0.2, 0.25) is 5.91 Å². The van der Waals surface area contributed by atoms with Crippen molar-refractivity contribution in [3.05, 3.63) is 27.8 Å². The summed E-state index contributed by atoms with van der Waals surface area (Å²) in [7, 11) is 0. The molecule has 0 aliphatic carbocycles. The Morgan fingerprint density at radius 2 is 2.04 bits per heavy atom. The maximum atomic E-state index is 12.5. The molecule has 1 amide bonds. The molecule has 0 spiro atoms. The number of hydrogen-bond acceptors (Lipinski definition) is 6. The van der Waals surface area contributed by atoms with Gasteiger partial charge in [0.05, 0.1) is 17.4 Å². The van der Waals surface area contributed by atoms with E-state index in [1.54, 1.807) is 11.0 Å². The number of amides is 1. The third-order valence-corrected chi connectivity index (χ3v) is 4.10. The van der Waals surface area contributed by atoms with Crippen LogP contribution in [0.15, 0.2) is 12.1 Å². The highest BCUT2D eigenvalue weighted by atomic mass is 35.5. The second-order valence-electron chi connectivity index (χ2n) is 5.70. The van der Waals surface area contributed by atoms with E-state index in [1.165, 1.54) is 6.07 Å². The largest absolute Gasteiger partial charge is 0.486 e. The minimum atomic E-state index is -0.484. The lowest BCUT2D eigenvalue weighted by Gasteiger charge is -2.34. The number of fused-ring (bicyclic) bond motifs is 1. The number of nitro groups is 1. The Bertz CT molecular complexity index is 640. The van der Waals surface area contributed by atoms with E-state index < -0.39 is 4.92 Å². The van der Waals surface area contributed by atoms with E-state index in [0.29, 0.717) is 36.8 Å². The number of piperazine rings is 1. The highest BCUT2D eigenvalue weighted by molar-refractivity contribution is 5.85. The molecular weight excluding hydrogens is 338 g/mol. The molecule has 0 aromatic heterocycles. The molecule has 0 saturated carbocycles. The van der Waals surface area contributed by atoms with Crippen molar-refractivity contribution >= 4 is 24.0 Å². The molecule has 24 heavy (non-hydrogen) atoms. The van der Waals surface area contributed by atoms with Gasteiger partial charge in [-0.25, -0.2) is 0 Å². The average Bonchev–Trinajstić information content (AvgIpc) is 2.54. The van der Waals surface area contributed by atoms with E-state index in [9.17, 15) is 14.9 Å². The van der Waals surface area contributed by atoms with E-state index in [1.807, 2.05) is 6.92 Å². The van der Waals surface area contributed by atoms with E-state index in [2.05, 4.69) is 5.32 Å². The predicted octanol–water partition coefficient (Wildman–Crippen LogP) is 1.15. The van der Waals surface area contributed by atoms with Crippen LogP contribution in [-0.4, -0.2) is 54.6 Å². The van der Waals surface area contributed by atoms with Crippen LogP contribution in [-0.2, 0) is 11.2 Å². The lowest BCUT2D eigenvalue weighted by atomic mass is 10.1. The Morgan fingerprint density at radius 3 is 2.67 bits per heavy atom. The zero-order valence-corrected chi connectivity index (χ0v) is 14.1. The third kappa shape index (κ3) is 3.70. The van der Waals surface area contributed by atoms with Crippen LogP contribution in [0.1, 0.15) is 12.5 Å². The number of nitrogens with zero attached hydrogens (tertiary/aromatic N) is 2. The monoisotopic (exact) mass is 357 g/mol. The van der Waals surface area contributed by atoms with Gasteiger partial charge in [0.1, 0.15) is 13.2 Å². The Morgan fingerprint density at radius 1 is 1.38 bits per heavy atom. The quantitative estimate of drug-likeness (QED) is 0.644. The summed E-state index contributed by atoms with van der Waals surface area (Å²) in [4.78, 5) is 25.1. The lowest BCUT2D eigenvalue weighted by molar-refractivity contribution is -0.385. The van der Waals surface area contributed by atoms with E-state index in [4.69, 9.17) is 9.47 Å². The molecule has 1 atom stereocenters. The molecule has 1 aromatic carbocycles. The van der Waals surface area contributed by atoms with Gasteiger partial charge in [0.15, 0.2) is 11.5 Å². The van der Waals surface area contributed by atoms with Crippen molar-refractivity contribution in [2.24, 2.45) is 0 Å². The van der Waals surface area contributed by atoms with Crippen molar-refractivity contribution in [3.8, 4) is 11.5 Å². The van der Waals surface area contributed by atoms with Gasteiger partial charge >= 0.3 is 0 Å². The Kier molecular flexibility index (Phi) is 5.84. The molecule has 0 radical (unpaired) electrons. The number of rotatable bonds is 3. The highest BCUT2D eigenvalue weighted by Crippen LogP contribution is 2.37. The zero-order valence-electron chi connectivity index (χ0n) is 13.3. The van der Waals surface area contributed by atoms with Crippen molar-refractivity contribution in [1.29, 1.82) is 0 Å². The number of carbonyl (C=O) groups excluding carboxylic acids is 1. The summed E-state index contributed by atoms with van der Waals surface area (Å²) in [5, 5.41) is 14.5. The van der Waals surface area contributed by atoms with E-state index in [-0.39, 0.29) is 36.5 Å². The van der Waals surface area contributed by atoms with E-state index >= 15 is 0 Å². The second-order valence-corrected chi connectivity index (χ2v) is 5.70. The van der Waals surface area contributed by atoms with Crippen molar-refractivity contribution in [3.63, 3.8) is 0 Å². The van der Waals surface area contributed by atoms with Gasteiger partial charge in [-0.3, -0.25) is 14.9 Å². The Balaban J connectivity index is 0.00000208. The lowest BCUT2D eigenvalue weighted by Crippen LogP contribution is -2.52. The van der Waals surface area contributed by atoms with Gasteiger partial charge in [0.25, 0.3) is 5.69 Å². The van der Waals surface area contributed by atoms with Crippen LogP contribution in [0.4, 0.5) is 5.69 Å². The summed E-state index contributed by atoms with van der Waals surface area (Å²) >= 11 is 0. The summed E-state index contributed by atoms with van der Waals surface area (Å²) in [5.74, 6) is 0.700. The third-order valence-electron chi connectivity index (χ3n) is 4.10. The molecular formula is C15H20ClN3O5. The summed E-state index contributed by atoms with van der Waals surface area (Å²) in [5.41, 5.74) is 0.250. The number of ether oxygens (including phenoxy) is 2. The molecule has 9 heteroatoms. The number of hydrogen-bond donors (Lipinski definition) is 1. The van der Waals surface area contributed by atoms with Crippen molar-refractivity contribution < 1.29 is 19.2 Å². The fourth-order valence-electron chi connectivity index (χ4n) is 2.91. The average molecular weight is 358 g/mol. The first-order chi connectivity index (χ1) is 11.1. The molecule has 2 heterocycles. The first-order valence-electron chi connectivity index (χ1n) is 7.63. The van der Waals surface area contributed by atoms with Gasteiger partial charge in [-0.2, -0.15) is 0 Å². The SMILES string of the molecule is C[C@@H]1CNCCN1C(=O)Cc1cc2c(cc1[N+](=O)[O-])OCCO2.Cl. The zero-order chi connectivity index (χ0) is 16.4. The molecule has 3 rings (SSSR count). The van der Waals surface area contributed by atoms with Crippen LogP contribution in [0.3, 0.4) is 0 Å². The molecule has 2 aliphatic rings. The summed E-state index contributed by atoms with van der Waals surface area (Å²) < 4.78 is 10.8.